The van der Waals surface area contributed by atoms with Crippen molar-refractivity contribution in [2.45, 2.75) is 219 Å². The van der Waals surface area contributed by atoms with Crippen LogP contribution >= 0.6 is 0 Å². The Bertz CT molecular complexity index is 1560. The fourth-order valence-corrected chi connectivity index (χ4v) is 6.72. The zero-order valence-corrected chi connectivity index (χ0v) is 44.0. The van der Waals surface area contributed by atoms with Crippen LogP contribution in [0.5, 0.6) is 0 Å². The zero-order valence-electron chi connectivity index (χ0n) is 44.0. The molecular weight excluding hydrogens is 853 g/mol. The Balaban J connectivity index is 4.64. The first-order valence-corrected chi connectivity index (χ1v) is 27.3. The lowest BCUT2D eigenvalue weighted by Crippen LogP contribution is -2.30. The maximum atomic E-state index is 12.8. The van der Waals surface area contributed by atoms with E-state index in [9.17, 15) is 14.4 Å². The van der Waals surface area contributed by atoms with Crippen LogP contribution in [0.3, 0.4) is 0 Å². The Morgan fingerprint density at radius 1 is 0.304 bits per heavy atom. The van der Waals surface area contributed by atoms with E-state index >= 15 is 0 Å². The summed E-state index contributed by atoms with van der Waals surface area (Å²) in [6, 6.07) is 0. The number of rotatable bonds is 47. The highest BCUT2D eigenvalue weighted by atomic mass is 16.6. The molecule has 0 spiro atoms. The summed E-state index contributed by atoms with van der Waals surface area (Å²) in [6.45, 7) is 6.32. The average molecular weight is 951 g/mol. The fraction of sp³-hybridized carbons (Fsp3) is 0.571. The molecule has 0 unspecified atom stereocenters. The van der Waals surface area contributed by atoms with Gasteiger partial charge in [-0.05, 0) is 128 Å². The molecule has 0 saturated carbocycles. The van der Waals surface area contributed by atoms with Gasteiger partial charge in [-0.2, -0.15) is 0 Å². The molecule has 386 valence electrons. The summed E-state index contributed by atoms with van der Waals surface area (Å²) in [5.74, 6) is -1.10. The van der Waals surface area contributed by atoms with Crippen molar-refractivity contribution in [1.82, 2.24) is 0 Å². The number of carbonyl (C=O) groups is 3. The molecule has 0 aromatic carbocycles. The Hall–Kier alpha value is -4.71. The number of esters is 3. The fourth-order valence-electron chi connectivity index (χ4n) is 6.72. The summed E-state index contributed by atoms with van der Waals surface area (Å²) in [7, 11) is 0. The van der Waals surface area contributed by atoms with Crippen LogP contribution in [-0.4, -0.2) is 37.2 Å². The number of hydrogen-bond acceptors (Lipinski definition) is 6. The summed E-state index contributed by atoms with van der Waals surface area (Å²) >= 11 is 0. The molecule has 0 aliphatic carbocycles. The minimum Gasteiger partial charge on any atom is -0.462 e. The maximum absolute atomic E-state index is 12.8. The Morgan fingerprint density at radius 3 is 1.01 bits per heavy atom. The second-order valence-electron chi connectivity index (χ2n) is 17.4. The van der Waals surface area contributed by atoms with Crippen molar-refractivity contribution in [1.29, 1.82) is 0 Å². The van der Waals surface area contributed by atoms with Crippen molar-refractivity contribution in [3.8, 4) is 0 Å². The molecule has 6 nitrogen and oxygen atoms in total. The molecule has 0 aliphatic heterocycles. The topological polar surface area (TPSA) is 78.9 Å². The third kappa shape index (κ3) is 54.1. The molecule has 0 bridgehead atoms. The molecule has 0 amide bonds. The third-order valence-electron chi connectivity index (χ3n) is 10.8. The minimum atomic E-state index is -0.850. The summed E-state index contributed by atoms with van der Waals surface area (Å²) in [6.07, 6.45) is 79.9. The monoisotopic (exact) mass is 951 g/mol. The maximum Gasteiger partial charge on any atom is 0.306 e. The molecule has 6 heteroatoms. The Kier molecular flexibility index (Phi) is 52.1. The second-order valence-corrected chi connectivity index (χ2v) is 17.4. The van der Waals surface area contributed by atoms with Gasteiger partial charge >= 0.3 is 17.9 Å². The van der Waals surface area contributed by atoms with Gasteiger partial charge < -0.3 is 14.2 Å². The summed E-state index contributed by atoms with van der Waals surface area (Å²) in [4.78, 5) is 38.0. The van der Waals surface area contributed by atoms with Crippen LogP contribution < -0.4 is 0 Å². The van der Waals surface area contributed by atoms with Crippen LogP contribution in [0.4, 0.5) is 0 Å². The molecule has 69 heavy (non-hydrogen) atoms. The van der Waals surface area contributed by atoms with E-state index in [-0.39, 0.29) is 38.0 Å². The molecule has 0 heterocycles. The SMILES string of the molecule is CC/C=C\C/C=C\C/C=C\C/C=C\C/C=C\CCCC(=O)O[C@H](COC(=O)CC/C=C\C/C=C\C/C=C\C/C=C\C/C=C\CCCCC)COC(=O)CCCCCCC/C=C\C/C=C\CCCCC. The smallest absolute Gasteiger partial charge is 0.306 e. The Labute approximate surface area is 423 Å². The van der Waals surface area contributed by atoms with Crippen molar-refractivity contribution < 1.29 is 28.6 Å². The number of ether oxygens (including phenoxy) is 3. The highest BCUT2D eigenvalue weighted by molar-refractivity contribution is 5.71. The summed E-state index contributed by atoms with van der Waals surface area (Å²) in [5, 5.41) is 0. The van der Waals surface area contributed by atoms with E-state index in [1.54, 1.807) is 0 Å². The average Bonchev–Trinajstić information content (AvgIpc) is 3.35. The van der Waals surface area contributed by atoms with Gasteiger partial charge in [0.15, 0.2) is 6.10 Å². The standard InChI is InChI=1S/C63H98O6/c1-4-7-10-13-16-19-22-25-28-30-31-33-35-38-41-44-47-50-53-56-62(65)68-59-60(58-67-61(64)55-52-49-46-43-40-37-34-27-24-21-18-15-12-9-6-3)69-63(66)57-54-51-48-45-42-39-36-32-29-26-23-20-17-14-11-8-5-2/h8,11,16-21,25-29,31,33-34,36,38-39,41,45,47-48,50,60H,4-7,9-10,12-15,22-24,30,32,35,37,40,42-44,46,49,51-59H2,1-3H3/b11-8-,19-16-,20-17-,21-18-,28-25-,29-26-,33-31-,34-27-,39-36-,41-38-,48-45-,50-47-/t60-/m0/s1. The quantitative estimate of drug-likeness (QED) is 0.0262. The molecule has 0 saturated heterocycles. The van der Waals surface area contributed by atoms with E-state index in [2.05, 4.69) is 154 Å². The zero-order chi connectivity index (χ0) is 50.0. The van der Waals surface area contributed by atoms with Crippen LogP contribution in [0.25, 0.3) is 0 Å². The second kappa shape index (κ2) is 55.9. The highest BCUT2D eigenvalue weighted by Gasteiger charge is 2.19. The van der Waals surface area contributed by atoms with Crippen molar-refractivity contribution >= 4 is 17.9 Å². The van der Waals surface area contributed by atoms with Gasteiger partial charge in [-0.25, -0.2) is 0 Å². The van der Waals surface area contributed by atoms with Gasteiger partial charge in [0.25, 0.3) is 0 Å². The van der Waals surface area contributed by atoms with Crippen LogP contribution in [0, 0.1) is 0 Å². The molecule has 1 atom stereocenters. The largest absolute Gasteiger partial charge is 0.462 e. The predicted molar refractivity (Wildman–Crippen MR) is 297 cm³/mol. The van der Waals surface area contributed by atoms with E-state index in [0.717, 1.165) is 109 Å². The van der Waals surface area contributed by atoms with E-state index < -0.39 is 12.1 Å². The van der Waals surface area contributed by atoms with Crippen molar-refractivity contribution in [3.63, 3.8) is 0 Å². The van der Waals surface area contributed by atoms with Gasteiger partial charge in [-0.1, -0.05) is 212 Å². The number of carbonyl (C=O) groups excluding carboxylic acids is 3. The van der Waals surface area contributed by atoms with E-state index in [1.165, 1.54) is 51.4 Å². The number of allylic oxidation sites excluding steroid dienone is 24. The van der Waals surface area contributed by atoms with Crippen molar-refractivity contribution in [3.05, 3.63) is 146 Å². The van der Waals surface area contributed by atoms with Gasteiger partial charge in [-0.15, -0.1) is 0 Å². The number of hydrogen-bond donors (Lipinski definition) is 0. The van der Waals surface area contributed by atoms with Crippen LogP contribution in [0.2, 0.25) is 0 Å². The Morgan fingerprint density at radius 2 is 0.609 bits per heavy atom. The molecule has 0 radical (unpaired) electrons. The van der Waals surface area contributed by atoms with Gasteiger partial charge in [-0.3, -0.25) is 14.4 Å². The molecule has 0 N–H and O–H groups in total. The van der Waals surface area contributed by atoms with E-state index in [1.807, 2.05) is 12.2 Å². The van der Waals surface area contributed by atoms with Gasteiger partial charge in [0.05, 0.1) is 0 Å². The van der Waals surface area contributed by atoms with Crippen molar-refractivity contribution in [2.24, 2.45) is 0 Å². The van der Waals surface area contributed by atoms with Crippen molar-refractivity contribution in [2.75, 3.05) is 13.2 Å². The lowest BCUT2D eigenvalue weighted by molar-refractivity contribution is -0.166. The number of unbranched alkanes of at least 4 members (excludes halogenated alkanes) is 12. The first-order chi connectivity index (χ1) is 34.0. The van der Waals surface area contributed by atoms with Gasteiger partial charge in [0.1, 0.15) is 13.2 Å². The predicted octanol–water partition coefficient (Wildman–Crippen LogP) is 18.4. The van der Waals surface area contributed by atoms with Crippen LogP contribution in [-0.2, 0) is 28.6 Å². The lowest BCUT2D eigenvalue weighted by Gasteiger charge is -2.18. The third-order valence-corrected chi connectivity index (χ3v) is 10.8. The van der Waals surface area contributed by atoms with Crippen LogP contribution in [0.1, 0.15) is 213 Å². The molecule has 0 aromatic rings. The highest BCUT2D eigenvalue weighted by Crippen LogP contribution is 2.11. The first-order valence-electron chi connectivity index (χ1n) is 27.3. The van der Waals surface area contributed by atoms with E-state index in [0.29, 0.717) is 19.3 Å². The normalized spacial score (nSPS) is 13.3. The molecule has 0 fully saturated rings. The van der Waals surface area contributed by atoms with Gasteiger partial charge in [0.2, 0.25) is 0 Å². The van der Waals surface area contributed by atoms with Crippen LogP contribution in [0.15, 0.2) is 146 Å². The molecule has 0 aliphatic rings. The molecular formula is C63H98O6. The molecule has 0 rings (SSSR count). The molecule has 0 aromatic heterocycles. The van der Waals surface area contributed by atoms with E-state index in [4.69, 9.17) is 14.2 Å². The first kappa shape index (κ1) is 64.3. The van der Waals surface area contributed by atoms with Gasteiger partial charge in [0, 0.05) is 19.3 Å². The summed E-state index contributed by atoms with van der Waals surface area (Å²) in [5.41, 5.74) is 0. The lowest BCUT2D eigenvalue weighted by atomic mass is 10.1. The summed E-state index contributed by atoms with van der Waals surface area (Å²) < 4.78 is 16.7. The minimum absolute atomic E-state index is 0.137.